The van der Waals surface area contributed by atoms with Crippen LogP contribution in [0.2, 0.25) is 0 Å². The molecular formula is C15H22N4. The number of nitrogens with one attached hydrogen (secondary N) is 1. The van der Waals surface area contributed by atoms with Gasteiger partial charge in [0.25, 0.3) is 0 Å². The Hall–Kier alpha value is -1.68. The lowest BCUT2D eigenvalue weighted by Crippen LogP contribution is -2.19. The highest BCUT2D eigenvalue weighted by molar-refractivity contribution is 5.21. The highest BCUT2D eigenvalue weighted by Crippen LogP contribution is 2.18. The van der Waals surface area contributed by atoms with E-state index in [9.17, 15) is 0 Å². The standard InChI is InChI=1S/C15H22N4/c1-11(2)19-8-6-14(18-19)10-15(16-4)13-5-7-17-12(3)9-13/h5-9,11,15-16H,10H2,1-4H3. The third-order valence-corrected chi connectivity index (χ3v) is 3.28. The number of rotatable bonds is 5. The molecule has 2 rings (SSSR count). The van der Waals surface area contributed by atoms with Crippen molar-refractivity contribution in [3.05, 3.63) is 47.5 Å². The first-order valence-electron chi connectivity index (χ1n) is 6.74. The van der Waals surface area contributed by atoms with E-state index >= 15 is 0 Å². The summed E-state index contributed by atoms with van der Waals surface area (Å²) >= 11 is 0. The zero-order chi connectivity index (χ0) is 13.8. The summed E-state index contributed by atoms with van der Waals surface area (Å²) in [7, 11) is 1.99. The largest absolute Gasteiger partial charge is 0.313 e. The van der Waals surface area contributed by atoms with Crippen LogP contribution >= 0.6 is 0 Å². The van der Waals surface area contributed by atoms with Crippen molar-refractivity contribution in [2.24, 2.45) is 0 Å². The molecule has 0 radical (unpaired) electrons. The van der Waals surface area contributed by atoms with E-state index < -0.39 is 0 Å². The van der Waals surface area contributed by atoms with E-state index in [1.807, 2.05) is 31.0 Å². The molecule has 0 aliphatic rings. The molecule has 0 bridgehead atoms. The van der Waals surface area contributed by atoms with Crippen LogP contribution in [0.4, 0.5) is 0 Å². The molecule has 0 amide bonds. The highest BCUT2D eigenvalue weighted by Gasteiger charge is 2.12. The first-order chi connectivity index (χ1) is 9.10. The predicted molar refractivity (Wildman–Crippen MR) is 77.1 cm³/mol. The van der Waals surface area contributed by atoms with Crippen LogP contribution in [-0.4, -0.2) is 21.8 Å². The van der Waals surface area contributed by atoms with Gasteiger partial charge < -0.3 is 5.32 Å². The number of likely N-dealkylation sites (N-methyl/N-ethyl adjacent to an activating group) is 1. The summed E-state index contributed by atoms with van der Waals surface area (Å²) in [5, 5.41) is 7.96. The van der Waals surface area contributed by atoms with E-state index in [4.69, 9.17) is 0 Å². The molecule has 0 aromatic carbocycles. The van der Waals surface area contributed by atoms with Crippen LogP contribution in [0, 0.1) is 6.92 Å². The van der Waals surface area contributed by atoms with Gasteiger partial charge in [-0.3, -0.25) is 9.67 Å². The summed E-state index contributed by atoms with van der Waals surface area (Å²) in [5.41, 5.74) is 3.42. The van der Waals surface area contributed by atoms with E-state index in [2.05, 4.69) is 47.4 Å². The van der Waals surface area contributed by atoms with E-state index in [0.29, 0.717) is 6.04 Å². The first kappa shape index (κ1) is 13.7. The maximum atomic E-state index is 4.61. The predicted octanol–water partition coefficient (Wildman–Crippen LogP) is 2.67. The van der Waals surface area contributed by atoms with Crippen molar-refractivity contribution >= 4 is 0 Å². The zero-order valence-corrected chi connectivity index (χ0v) is 12.1. The molecule has 0 aliphatic heterocycles. The second-order valence-electron chi connectivity index (χ2n) is 5.16. The van der Waals surface area contributed by atoms with Crippen LogP contribution in [0.5, 0.6) is 0 Å². The van der Waals surface area contributed by atoms with Gasteiger partial charge >= 0.3 is 0 Å². The molecule has 0 saturated carbocycles. The minimum atomic E-state index is 0.275. The Morgan fingerprint density at radius 2 is 2.11 bits per heavy atom. The smallest absolute Gasteiger partial charge is 0.0643 e. The molecule has 4 nitrogen and oxygen atoms in total. The Morgan fingerprint density at radius 1 is 1.32 bits per heavy atom. The number of pyridine rings is 1. The Kier molecular flexibility index (Phi) is 4.32. The van der Waals surface area contributed by atoms with Gasteiger partial charge in [-0.1, -0.05) is 0 Å². The number of hydrogen-bond acceptors (Lipinski definition) is 3. The van der Waals surface area contributed by atoms with Gasteiger partial charge in [-0.25, -0.2) is 0 Å². The van der Waals surface area contributed by atoms with Crippen molar-refractivity contribution in [3.8, 4) is 0 Å². The second kappa shape index (κ2) is 5.97. The summed E-state index contributed by atoms with van der Waals surface area (Å²) in [6.45, 7) is 6.29. The lowest BCUT2D eigenvalue weighted by Gasteiger charge is -2.15. The fraction of sp³-hybridized carbons (Fsp3) is 0.467. The van der Waals surface area contributed by atoms with Gasteiger partial charge in [0.15, 0.2) is 0 Å². The van der Waals surface area contributed by atoms with E-state index in [-0.39, 0.29) is 6.04 Å². The normalized spacial score (nSPS) is 12.9. The van der Waals surface area contributed by atoms with Gasteiger partial charge in [0.05, 0.1) is 5.69 Å². The number of hydrogen-bond donors (Lipinski definition) is 1. The fourth-order valence-electron chi connectivity index (χ4n) is 2.15. The molecule has 102 valence electrons. The first-order valence-corrected chi connectivity index (χ1v) is 6.74. The summed E-state index contributed by atoms with van der Waals surface area (Å²) < 4.78 is 2.00. The molecule has 2 aromatic rings. The van der Waals surface area contributed by atoms with Crippen molar-refractivity contribution in [1.29, 1.82) is 0 Å². The van der Waals surface area contributed by atoms with Gasteiger partial charge in [0.1, 0.15) is 0 Å². The minimum Gasteiger partial charge on any atom is -0.313 e. The van der Waals surface area contributed by atoms with E-state index in [1.165, 1.54) is 5.56 Å². The summed E-state index contributed by atoms with van der Waals surface area (Å²) in [4.78, 5) is 4.24. The molecule has 1 N–H and O–H groups in total. The molecule has 2 heterocycles. The van der Waals surface area contributed by atoms with Gasteiger partial charge in [0.2, 0.25) is 0 Å². The van der Waals surface area contributed by atoms with Gasteiger partial charge in [0, 0.05) is 36.6 Å². The summed E-state index contributed by atoms with van der Waals surface area (Å²) in [6, 6.07) is 6.97. The monoisotopic (exact) mass is 258 g/mol. The van der Waals surface area contributed by atoms with Crippen LogP contribution in [-0.2, 0) is 6.42 Å². The van der Waals surface area contributed by atoms with Crippen molar-refractivity contribution in [2.45, 2.75) is 39.3 Å². The van der Waals surface area contributed by atoms with Gasteiger partial charge in [-0.15, -0.1) is 0 Å². The molecule has 1 atom stereocenters. The lowest BCUT2D eigenvalue weighted by molar-refractivity contribution is 0.515. The molecular weight excluding hydrogens is 236 g/mol. The average Bonchev–Trinajstić information content (AvgIpc) is 2.84. The molecule has 0 saturated heterocycles. The lowest BCUT2D eigenvalue weighted by atomic mass is 10.0. The molecule has 19 heavy (non-hydrogen) atoms. The Morgan fingerprint density at radius 3 is 2.68 bits per heavy atom. The van der Waals surface area contributed by atoms with Crippen LogP contribution in [0.3, 0.4) is 0 Å². The summed E-state index contributed by atoms with van der Waals surface area (Å²) in [5.74, 6) is 0. The maximum absolute atomic E-state index is 4.61. The topological polar surface area (TPSA) is 42.7 Å². The molecule has 0 spiro atoms. The molecule has 2 aromatic heterocycles. The zero-order valence-electron chi connectivity index (χ0n) is 12.1. The Balaban J connectivity index is 2.14. The fourth-order valence-corrected chi connectivity index (χ4v) is 2.15. The number of aryl methyl sites for hydroxylation is 1. The van der Waals surface area contributed by atoms with Crippen LogP contribution in [0.15, 0.2) is 30.6 Å². The van der Waals surface area contributed by atoms with Crippen molar-refractivity contribution in [1.82, 2.24) is 20.1 Å². The molecule has 0 aliphatic carbocycles. The second-order valence-corrected chi connectivity index (χ2v) is 5.16. The third-order valence-electron chi connectivity index (χ3n) is 3.28. The minimum absolute atomic E-state index is 0.275. The third kappa shape index (κ3) is 3.41. The van der Waals surface area contributed by atoms with Crippen LogP contribution in [0.25, 0.3) is 0 Å². The van der Waals surface area contributed by atoms with Crippen LogP contribution in [0.1, 0.15) is 42.9 Å². The van der Waals surface area contributed by atoms with Crippen molar-refractivity contribution < 1.29 is 0 Å². The maximum Gasteiger partial charge on any atom is 0.0643 e. The van der Waals surface area contributed by atoms with Gasteiger partial charge in [-0.2, -0.15) is 5.10 Å². The molecule has 4 heteroatoms. The quantitative estimate of drug-likeness (QED) is 0.896. The van der Waals surface area contributed by atoms with Crippen LogP contribution < -0.4 is 5.32 Å². The summed E-state index contributed by atoms with van der Waals surface area (Å²) in [6.07, 6.45) is 4.80. The molecule has 1 unspecified atom stereocenters. The average molecular weight is 258 g/mol. The number of aromatic nitrogens is 3. The Labute approximate surface area is 114 Å². The van der Waals surface area contributed by atoms with Crippen molar-refractivity contribution in [2.75, 3.05) is 7.05 Å². The number of nitrogens with zero attached hydrogens (tertiary/aromatic N) is 3. The molecule has 0 fully saturated rings. The SMILES string of the molecule is CNC(Cc1ccn(C(C)C)n1)c1ccnc(C)c1. The Bertz CT molecular complexity index is 530. The van der Waals surface area contributed by atoms with Crippen molar-refractivity contribution in [3.63, 3.8) is 0 Å². The van der Waals surface area contributed by atoms with E-state index in [1.54, 1.807) is 0 Å². The van der Waals surface area contributed by atoms with Gasteiger partial charge in [-0.05, 0) is 51.6 Å². The highest BCUT2D eigenvalue weighted by atomic mass is 15.3. The van der Waals surface area contributed by atoms with E-state index in [0.717, 1.165) is 17.8 Å².